The summed E-state index contributed by atoms with van der Waals surface area (Å²) in [6, 6.07) is 10.5. The number of nitrogens with one attached hydrogen (secondary N) is 1. The molecule has 1 saturated heterocycles. The highest BCUT2D eigenvalue weighted by Crippen LogP contribution is 2.31. The van der Waals surface area contributed by atoms with Gasteiger partial charge in [-0.3, -0.25) is 14.9 Å². The quantitative estimate of drug-likeness (QED) is 0.492. The molecular weight excluding hydrogens is 324 g/mol. The molecule has 0 aliphatic carbocycles. The number of Topliss-reactive ketones (excluding diaryl/α,β-unsaturated/α-hetero) is 1. The van der Waals surface area contributed by atoms with Crippen LogP contribution in [0.1, 0.15) is 27.1 Å². The summed E-state index contributed by atoms with van der Waals surface area (Å²) in [6.45, 7) is 1.38. The van der Waals surface area contributed by atoms with Gasteiger partial charge in [-0.1, -0.05) is 24.3 Å². The molecule has 1 fully saturated rings. The van der Waals surface area contributed by atoms with Crippen LogP contribution in [0.2, 0.25) is 0 Å². The van der Waals surface area contributed by atoms with Gasteiger partial charge in [-0.15, -0.1) is 0 Å². The van der Waals surface area contributed by atoms with Gasteiger partial charge in [0.25, 0.3) is 5.69 Å². The average molecular weight is 340 g/mol. The van der Waals surface area contributed by atoms with E-state index in [0.717, 1.165) is 19.0 Å². The molecule has 1 atom stereocenters. The Morgan fingerprint density at radius 3 is 2.60 bits per heavy atom. The highest BCUT2D eigenvalue weighted by Gasteiger charge is 2.26. The minimum Gasteiger partial charge on any atom is -0.478 e. The topological polar surface area (TPSA) is 110 Å². The molecule has 3 rings (SSSR count). The zero-order valence-electron chi connectivity index (χ0n) is 13.3. The molecular formula is C18H16N2O5. The van der Waals surface area contributed by atoms with Crippen molar-refractivity contribution in [3.8, 4) is 11.1 Å². The molecule has 2 aromatic carbocycles. The van der Waals surface area contributed by atoms with Crippen LogP contribution < -0.4 is 5.32 Å². The molecule has 7 heteroatoms. The maximum Gasteiger partial charge on any atom is 0.335 e. The van der Waals surface area contributed by atoms with Gasteiger partial charge in [0.2, 0.25) is 0 Å². The van der Waals surface area contributed by atoms with Gasteiger partial charge >= 0.3 is 5.97 Å². The van der Waals surface area contributed by atoms with Crippen LogP contribution in [0.25, 0.3) is 11.1 Å². The fourth-order valence-electron chi connectivity index (χ4n) is 3.04. The van der Waals surface area contributed by atoms with Crippen LogP contribution in [0.15, 0.2) is 42.5 Å². The molecule has 25 heavy (non-hydrogen) atoms. The average Bonchev–Trinajstić information content (AvgIpc) is 3.15. The lowest BCUT2D eigenvalue weighted by atomic mass is 9.90. The predicted molar refractivity (Wildman–Crippen MR) is 90.8 cm³/mol. The smallest absolute Gasteiger partial charge is 0.335 e. The van der Waals surface area contributed by atoms with Gasteiger partial charge in [-0.2, -0.15) is 0 Å². The van der Waals surface area contributed by atoms with Crippen molar-refractivity contribution >= 4 is 17.4 Å². The number of rotatable bonds is 5. The van der Waals surface area contributed by atoms with Gasteiger partial charge in [0.05, 0.1) is 10.5 Å². The molecule has 0 saturated carbocycles. The number of aromatic carboxylic acids is 1. The second-order valence-electron chi connectivity index (χ2n) is 5.93. The Morgan fingerprint density at radius 2 is 1.96 bits per heavy atom. The van der Waals surface area contributed by atoms with Gasteiger partial charge < -0.3 is 10.4 Å². The largest absolute Gasteiger partial charge is 0.478 e. The predicted octanol–water partition coefficient (Wildman–Crippen LogP) is 2.75. The van der Waals surface area contributed by atoms with Gasteiger partial charge in [0.1, 0.15) is 0 Å². The second kappa shape index (κ2) is 6.82. The van der Waals surface area contributed by atoms with Crippen molar-refractivity contribution in [3.63, 3.8) is 0 Å². The van der Waals surface area contributed by atoms with Gasteiger partial charge in [-0.05, 0) is 30.2 Å². The van der Waals surface area contributed by atoms with Gasteiger partial charge in [0, 0.05) is 30.2 Å². The molecule has 0 amide bonds. The van der Waals surface area contributed by atoms with E-state index in [2.05, 4.69) is 5.32 Å². The Kier molecular flexibility index (Phi) is 4.58. The Bertz CT molecular complexity index is 824. The van der Waals surface area contributed by atoms with Crippen molar-refractivity contribution in [3.05, 3.63) is 63.7 Å². The van der Waals surface area contributed by atoms with E-state index in [4.69, 9.17) is 0 Å². The SMILES string of the molecule is O=C(O)c1cc(-c2ccccc2C(=O)C2CCNC2)cc([N+](=O)[O-])c1. The zero-order valence-corrected chi connectivity index (χ0v) is 13.3. The Morgan fingerprint density at radius 1 is 1.20 bits per heavy atom. The fourth-order valence-corrected chi connectivity index (χ4v) is 3.04. The van der Waals surface area contributed by atoms with Gasteiger partial charge in [-0.25, -0.2) is 4.79 Å². The van der Waals surface area contributed by atoms with Gasteiger partial charge in [0.15, 0.2) is 5.78 Å². The maximum atomic E-state index is 12.8. The first-order chi connectivity index (χ1) is 12.0. The summed E-state index contributed by atoms with van der Waals surface area (Å²) in [5.74, 6) is -1.43. The number of benzene rings is 2. The minimum atomic E-state index is -1.26. The summed E-state index contributed by atoms with van der Waals surface area (Å²) >= 11 is 0. The van der Waals surface area contributed by atoms with Crippen LogP contribution >= 0.6 is 0 Å². The fraction of sp³-hybridized carbons (Fsp3) is 0.222. The van der Waals surface area contributed by atoms with Crippen molar-refractivity contribution in [1.29, 1.82) is 0 Å². The molecule has 2 aromatic rings. The molecule has 7 nitrogen and oxygen atoms in total. The number of hydrogen-bond acceptors (Lipinski definition) is 5. The van der Waals surface area contributed by atoms with Crippen LogP contribution in [0.4, 0.5) is 5.69 Å². The summed E-state index contributed by atoms with van der Waals surface area (Å²) in [7, 11) is 0. The summed E-state index contributed by atoms with van der Waals surface area (Å²) in [6.07, 6.45) is 0.739. The lowest BCUT2D eigenvalue weighted by Gasteiger charge is -2.13. The Labute approximate surface area is 143 Å². The summed E-state index contributed by atoms with van der Waals surface area (Å²) in [5.41, 5.74) is 0.800. The van der Waals surface area contributed by atoms with E-state index in [1.807, 2.05) is 0 Å². The van der Waals surface area contributed by atoms with E-state index in [0.29, 0.717) is 23.2 Å². The first-order valence-electron chi connectivity index (χ1n) is 7.84. The summed E-state index contributed by atoms with van der Waals surface area (Å²) in [5, 5.41) is 23.5. The van der Waals surface area contributed by atoms with Crippen molar-refractivity contribution in [2.24, 2.45) is 5.92 Å². The molecule has 0 aromatic heterocycles. The number of carboxylic acid groups (broad SMARTS) is 1. The lowest BCUT2D eigenvalue weighted by molar-refractivity contribution is -0.384. The highest BCUT2D eigenvalue weighted by atomic mass is 16.6. The van der Waals surface area contributed by atoms with Crippen LogP contribution in [0.5, 0.6) is 0 Å². The molecule has 1 unspecified atom stereocenters. The second-order valence-corrected chi connectivity index (χ2v) is 5.93. The normalized spacial score (nSPS) is 16.6. The monoisotopic (exact) mass is 340 g/mol. The molecule has 1 aliphatic heterocycles. The first-order valence-corrected chi connectivity index (χ1v) is 7.84. The minimum absolute atomic E-state index is 0.0380. The number of nitro benzene ring substituents is 1. The third kappa shape index (κ3) is 3.41. The van der Waals surface area contributed by atoms with Crippen LogP contribution in [0, 0.1) is 16.0 Å². The van der Waals surface area contributed by atoms with E-state index in [9.17, 15) is 24.8 Å². The van der Waals surface area contributed by atoms with E-state index >= 15 is 0 Å². The van der Waals surface area contributed by atoms with Crippen LogP contribution in [-0.2, 0) is 0 Å². The molecule has 128 valence electrons. The number of carboxylic acids is 1. The number of non-ortho nitro benzene ring substituents is 1. The van der Waals surface area contributed by atoms with Crippen molar-refractivity contribution in [2.75, 3.05) is 13.1 Å². The number of ketones is 1. The van der Waals surface area contributed by atoms with Crippen LogP contribution in [-0.4, -0.2) is 34.9 Å². The zero-order chi connectivity index (χ0) is 18.0. The molecule has 2 N–H and O–H groups in total. The molecule has 0 spiro atoms. The van der Waals surface area contributed by atoms with E-state index in [-0.39, 0.29) is 23.0 Å². The summed E-state index contributed by atoms with van der Waals surface area (Å²) < 4.78 is 0. The van der Waals surface area contributed by atoms with E-state index in [1.165, 1.54) is 12.1 Å². The Balaban J connectivity index is 2.12. The molecule has 0 bridgehead atoms. The third-order valence-corrected chi connectivity index (χ3v) is 4.31. The molecule has 1 aliphatic rings. The van der Waals surface area contributed by atoms with E-state index in [1.54, 1.807) is 24.3 Å². The maximum absolute atomic E-state index is 12.8. The Hall–Kier alpha value is -3.06. The highest BCUT2D eigenvalue weighted by molar-refractivity contribution is 6.04. The van der Waals surface area contributed by atoms with Crippen molar-refractivity contribution < 1.29 is 19.6 Å². The van der Waals surface area contributed by atoms with Crippen LogP contribution in [0.3, 0.4) is 0 Å². The number of carbonyl (C=O) groups is 2. The van der Waals surface area contributed by atoms with E-state index < -0.39 is 10.9 Å². The lowest BCUT2D eigenvalue weighted by Crippen LogP contribution is -2.18. The number of nitrogens with zero attached hydrogens (tertiary/aromatic N) is 1. The molecule has 0 radical (unpaired) electrons. The van der Waals surface area contributed by atoms with Crippen molar-refractivity contribution in [1.82, 2.24) is 5.32 Å². The number of nitro groups is 1. The molecule has 1 heterocycles. The summed E-state index contributed by atoms with van der Waals surface area (Å²) in [4.78, 5) is 34.6. The third-order valence-electron chi connectivity index (χ3n) is 4.31. The number of hydrogen-bond donors (Lipinski definition) is 2. The number of carbonyl (C=O) groups excluding carboxylic acids is 1. The van der Waals surface area contributed by atoms with Crippen molar-refractivity contribution in [2.45, 2.75) is 6.42 Å². The standard InChI is InChI=1S/C18H16N2O5/c21-17(11-5-6-19-10-11)16-4-2-1-3-15(16)12-7-13(18(22)23)9-14(8-12)20(24)25/h1-4,7-9,11,19H,5-6,10H2,(H,22,23). The first kappa shape index (κ1) is 16.8.